The normalized spacial score (nSPS) is 12.1. The van der Waals surface area contributed by atoms with Crippen molar-refractivity contribution in [3.8, 4) is 0 Å². The van der Waals surface area contributed by atoms with Gasteiger partial charge in [-0.2, -0.15) is 0 Å². The molecule has 0 aromatic heterocycles. The fourth-order valence-corrected chi connectivity index (χ4v) is 1.07. The highest BCUT2D eigenvalue weighted by molar-refractivity contribution is 5.81. The number of ether oxygens (including phenoxy) is 4. The van der Waals surface area contributed by atoms with E-state index in [0.29, 0.717) is 6.42 Å². The molecule has 0 saturated heterocycles. The van der Waals surface area contributed by atoms with Crippen LogP contribution < -0.4 is 0 Å². The van der Waals surface area contributed by atoms with E-state index in [9.17, 15) is 9.59 Å². The fraction of sp³-hybridized carbons (Fsp3) is 0.600. The van der Waals surface area contributed by atoms with Crippen molar-refractivity contribution in [1.82, 2.24) is 0 Å². The Bertz CT molecular complexity index is 361. The SMILES string of the molecule is C=COCOC(COC(=O)C=C)COC(=O)C(C)(C)CC. The lowest BCUT2D eigenvalue weighted by Gasteiger charge is -2.23. The number of carbonyl (C=O) groups is 2. The summed E-state index contributed by atoms with van der Waals surface area (Å²) in [5.74, 6) is -0.910. The van der Waals surface area contributed by atoms with Crippen molar-refractivity contribution in [2.45, 2.75) is 33.3 Å². The third kappa shape index (κ3) is 8.14. The molecule has 0 heterocycles. The first-order valence-electron chi connectivity index (χ1n) is 6.67. The van der Waals surface area contributed by atoms with Gasteiger partial charge in [0.1, 0.15) is 19.3 Å². The van der Waals surface area contributed by atoms with Gasteiger partial charge in [0.05, 0.1) is 11.7 Å². The summed E-state index contributed by atoms with van der Waals surface area (Å²) in [5, 5.41) is 0. The molecule has 0 aliphatic carbocycles. The van der Waals surface area contributed by atoms with Crippen molar-refractivity contribution in [3.63, 3.8) is 0 Å². The monoisotopic (exact) mass is 300 g/mol. The topological polar surface area (TPSA) is 71.1 Å². The summed E-state index contributed by atoms with van der Waals surface area (Å²) in [5.41, 5.74) is -0.569. The molecular formula is C15H24O6. The molecule has 1 atom stereocenters. The lowest BCUT2D eigenvalue weighted by molar-refractivity contribution is -0.166. The molecule has 0 N–H and O–H groups in total. The van der Waals surface area contributed by atoms with Crippen LogP contribution >= 0.6 is 0 Å². The van der Waals surface area contributed by atoms with Crippen LogP contribution in [-0.2, 0) is 28.5 Å². The highest BCUT2D eigenvalue weighted by Gasteiger charge is 2.28. The van der Waals surface area contributed by atoms with Crippen molar-refractivity contribution in [3.05, 3.63) is 25.5 Å². The summed E-state index contributed by atoms with van der Waals surface area (Å²) in [7, 11) is 0. The molecule has 0 spiro atoms. The molecular weight excluding hydrogens is 276 g/mol. The van der Waals surface area contributed by atoms with Gasteiger partial charge >= 0.3 is 11.9 Å². The first-order chi connectivity index (χ1) is 9.87. The summed E-state index contributed by atoms with van der Waals surface area (Å²) in [6.07, 6.45) is 2.30. The zero-order valence-corrected chi connectivity index (χ0v) is 12.9. The minimum absolute atomic E-state index is 0.0345. The molecule has 6 heteroatoms. The summed E-state index contributed by atoms with van der Waals surface area (Å²) < 4.78 is 20.2. The Balaban J connectivity index is 4.37. The maximum atomic E-state index is 11.9. The van der Waals surface area contributed by atoms with Gasteiger partial charge < -0.3 is 18.9 Å². The Kier molecular flexibility index (Phi) is 9.12. The highest BCUT2D eigenvalue weighted by atomic mass is 16.7. The Hall–Kier alpha value is -1.82. The smallest absolute Gasteiger partial charge is 0.330 e. The Morgan fingerprint density at radius 3 is 2.33 bits per heavy atom. The van der Waals surface area contributed by atoms with E-state index in [2.05, 4.69) is 13.2 Å². The summed E-state index contributed by atoms with van der Waals surface area (Å²) in [4.78, 5) is 22.9. The molecule has 0 aliphatic heterocycles. The second-order valence-corrected chi connectivity index (χ2v) is 4.91. The van der Waals surface area contributed by atoms with Crippen molar-refractivity contribution in [1.29, 1.82) is 0 Å². The third-order valence-corrected chi connectivity index (χ3v) is 2.90. The van der Waals surface area contributed by atoms with E-state index in [1.807, 2.05) is 6.92 Å². The van der Waals surface area contributed by atoms with Gasteiger partial charge in [-0.25, -0.2) is 4.79 Å². The zero-order valence-electron chi connectivity index (χ0n) is 12.9. The summed E-state index contributed by atoms with van der Waals surface area (Å²) in [6, 6.07) is 0. The molecule has 0 aromatic rings. The van der Waals surface area contributed by atoms with Gasteiger partial charge in [0.15, 0.2) is 6.79 Å². The number of esters is 2. The number of hydrogen-bond donors (Lipinski definition) is 0. The first kappa shape index (κ1) is 19.2. The van der Waals surface area contributed by atoms with Gasteiger partial charge in [0.25, 0.3) is 0 Å². The van der Waals surface area contributed by atoms with Gasteiger partial charge in [0, 0.05) is 6.08 Å². The van der Waals surface area contributed by atoms with Crippen molar-refractivity contribution >= 4 is 11.9 Å². The molecule has 0 bridgehead atoms. The molecule has 1 unspecified atom stereocenters. The van der Waals surface area contributed by atoms with Gasteiger partial charge in [0.2, 0.25) is 0 Å². The molecule has 21 heavy (non-hydrogen) atoms. The molecule has 0 amide bonds. The average Bonchev–Trinajstić information content (AvgIpc) is 2.48. The second kappa shape index (κ2) is 9.99. The predicted molar refractivity (Wildman–Crippen MR) is 77.2 cm³/mol. The maximum absolute atomic E-state index is 11.9. The van der Waals surface area contributed by atoms with Crippen LogP contribution in [0.25, 0.3) is 0 Å². The molecule has 0 aromatic carbocycles. The standard InChI is InChI=1S/C15H24O6/c1-6-13(16)19-9-12(21-11-18-8-3)10-20-14(17)15(4,5)7-2/h6,8,12H,1,3,7,9-11H2,2,4-5H3. The van der Waals surface area contributed by atoms with Crippen LogP contribution in [0.1, 0.15) is 27.2 Å². The van der Waals surface area contributed by atoms with Crippen molar-refractivity contribution < 1.29 is 28.5 Å². The quantitative estimate of drug-likeness (QED) is 0.191. The minimum Gasteiger partial charge on any atom is -0.476 e. The van der Waals surface area contributed by atoms with E-state index in [1.165, 1.54) is 6.26 Å². The highest BCUT2D eigenvalue weighted by Crippen LogP contribution is 2.21. The third-order valence-electron chi connectivity index (χ3n) is 2.90. The van der Waals surface area contributed by atoms with E-state index in [0.717, 1.165) is 6.08 Å². The largest absolute Gasteiger partial charge is 0.476 e. The molecule has 0 aliphatic rings. The fourth-order valence-electron chi connectivity index (χ4n) is 1.07. The van der Waals surface area contributed by atoms with E-state index < -0.39 is 17.5 Å². The van der Waals surface area contributed by atoms with Crippen LogP contribution in [0, 0.1) is 5.41 Å². The number of rotatable bonds is 11. The predicted octanol–water partition coefficient (Wildman–Crippen LogP) is 2.20. The Labute approximate surface area is 125 Å². The van der Waals surface area contributed by atoms with E-state index >= 15 is 0 Å². The molecule has 0 radical (unpaired) electrons. The summed E-state index contributed by atoms with van der Waals surface area (Å²) in [6.45, 7) is 12.0. The van der Waals surface area contributed by atoms with Crippen LogP contribution in [0.15, 0.2) is 25.5 Å². The van der Waals surface area contributed by atoms with Crippen LogP contribution in [-0.4, -0.2) is 38.0 Å². The first-order valence-corrected chi connectivity index (χ1v) is 6.67. The van der Waals surface area contributed by atoms with Crippen LogP contribution in [0.2, 0.25) is 0 Å². The Morgan fingerprint density at radius 1 is 1.19 bits per heavy atom. The molecule has 0 fully saturated rings. The lowest BCUT2D eigenvalue weighted by atomic mass is 9.91. The van der Waals surface area contributed by atoms with Crippen LogP contribution in [0.5, 0.6) is 0 Å². The van der Waals surface area contributed by atoms with Crippen molar-refractivity contribution in [2.24, 2.45) is 5.41 Å². The van der Waals surface area contributed by atoms with Crippen LogP contribution in [0.4, 0.5) is 0 Å². The van der Waals surface area contributed by atoms with E-state index in [-0.39, 0.29) is 26.0 Å². The van der Waals surface area contributed by atoms with E-state index in [1.54, 1.807) is 13.8 Å². The molecule has 0 saturated carbocycles. The minimum atomic E-state index is -0.620. The zero-order chi connectivity index (χ0) is 16.3. The van der Waals surface area contributed by atoms with Crippen LogP contribution in [0.3, 0.4) is 0 Å². The average molecular weight is 300 g/mol. The Morgan fingerprint density at radius 2 is 1.81 bits per heavy atom. The number of hydrogen-bond acceptors (Lipinski definition) is 6. The molecule has 0 rings (SSSR count). The second-order valence-electron chi connectivity index (χ2n) is 4.91. The summed E-state index contributed by atoms with van der Waals surface area (Å²) >= 11 is 0. The maximum Gasteiger partial charge on any atom is 0.330 e. The van der Waals surface area contributed by atoms with Gasteiger partial charge in [-0.15, -0.1) is 0 Å². The van der Waals surface area contributed by atoms with E-state index in [4.69, 9.17) is 18.9 Å². The molecule has 6 nitrogen and oxygen atoms in total. The lowest BCUT2D eigenvalue weighted by Crippen LogP contribution is -2.33. The van der Waals surface area contributed by atoms with Gasteiger partial charge in [-0.3, -0.25) is 4.79 Å². The van der Waals surface area contributed by atoms with Gasteiger partial charge in [-0.05, 0) is 20.3 Å². The number of carbonyl (C=O) groups excluding carboxylic acids is 2. The van der Waals surface area contributed by atoms with Crippen molar-refractivity contribution in [2.75, 3.05) is 20.0 Å². The van der Waals surface area contributed by atoms with Gasteiger partial charge in [-0.1, -0.05) is 20.1 Å². The molecule has 120 valence electrons.